The van der Waals surface area contributed by atoms with E-state index in [1.807, 2.05) is 19.1 Å². The molecule has 0 radical (unpaired) electrons. The van der Waals surface area contributed by atoms with Crippen LogP contribution < -0.4 is 0 Å². The SMILES string of the molecule is C=C(COC)C(=O)c1ccc(C)cc1. The fraction of sp³-hybridized carbons (Fsp3) is 0.250. The van der Waals surface area contributed by atoms with Crippen LogP contribution in [0.4, 0.5) is 0 Å². The zero-order valence-electron chi connectivity index (χ0n) is 8.54. The molecular weight excluding hydrogens is 176 g/mol. The molecule has 1 aromatic carbocycles. The van der Waals surface area contributed by atoms with Gasteiger partial charge in [0.2, 0.25) is 0 Å². The van der Waals surface area contributed by atoms with Crippen LogP contribution in [0.3, 0.4) is 0 Å². The van der Waals surface area contributed by atoms with Gasteiger partial charge in [0.05, 0.1) is 6.61 Å². The molecule has 0 aliphatic carbocycles. The Morgan fingerprint density at radius 1 is 1.36 bits per heavy atom. The van der Waals surface area contributed by atoms with Gasteiger partial charge in [0.25, 0.3) is 0 Å². The minimum atomic E-state index is -0.0492. The number of hydrogen-bond donors (Lipinski definition) is 0. The van der Waals surface area contributed by atoms with Crippen LogP contribution in [0.2, 0.25) is 0 Å². The predicted octanol–water partition coefficient (Wildman–Crippen LogP) is 2.38. The molecule has 0 spiro atoms. The molecule has 74 valence electrons. The monoisotopic (exact) mass is 190 g/mol. The molecule has 2 heteroatoms. The topological polar surface area (TPSA) is 26.3 Å². The summed E-state index contributed by atoms with van der Waals surface area (Å²) in [5, 5.41) is 0. The molecule has 2 nitrogen and oxygen atoms in total. The first-order valence-electron chi connectivity index (χ1n) is 4.43. The summed E-state index contributed by atoms with van der Waals surface area (Å²) in [6, 6.07) is 7.43. The molecule has 0 saturated carbocycles. The molecule has 0 fully saturated rings. The van der Waals surface area contributed by atoms with E-state index >= 15 is 0 Å². The molecule has 0 atom stereocenters. The van der Waals surface area contributed by atoms with Crippen LogP contribution in [0.15, 0.2) is 36.4 Å². The van der Waals surface area contributed by atoms with Crippen molar-refractivity contribution in [1.82, 2.24) is 0 Å². The van der Waals surface area contributed by atoms with Crippen LogP contribution in [0.1, 0.15) is 15.9 Å². The average molecular weight is 190 g/mol. The molecule has 0 bridgehead atoms. The first kappa shape index (κ1) is 10.7. The van der Waals surface area contributed by atoms with E-state index in [1.54, 1.807) is 19.2 Å². The normalized spacial score (nSPS) is 9.86. The largest absolute Gasteiger partial charge is 0.380 e. The number of Topliss-reactive ketones (excluding diaryl/α,β-unsaturated/α-hetero) is 1. The van der Waals surface area contributed by atoms with E-state index in [9.17, 15) is 4.79 Å². The number of rotatable bonds is 4. The second kappa shape index (κ2) is 4.72. The van der Waals surface area contributed by atoms with Gasteiger partial charge in [-0.2, -0.15) is 0 Å². The maximum absolute atomic E-state index is 11.7. The van der Waals surface area contributed by atoms with Crippen molar-refractivity contribution in [2.45, 2.75) is 6.92 Å². The Hall–Kier alpha value is -1.41. The fourth-order valence-electron chi connectivity index (χ4n) is 1.15. The van der Waals surface area contributed by atoms with Crippen molar-refractivity contribution in [3.63, 3.8) is 0 Å². The first-order valence-corrected chi connectivity index (χ1v) is 4.43. The first-order chi connectivity index (χ1) is 6.65. The molecule has 0 N–H and O–H groups in total. The Morgan fingerprint density at radius 3 is 2.43 bits per heavy atom. The van der Waals surface area contributed by atoms with E-state index in [0.29, 0.717) is 11.1 Å². The lowest BCUT2D eigenvalue weighted by atomic mass is 10.0. The minimum Gasteiger partial charge on any atom is -0.380 e. The lowest BCUT2D eigenvalue weighted by Crippen LogP contribution is -2.07. The van der Waals surface area contributed by atoms with Gasteiger partial charge in [-0.3, -0.25) is 4.79 Å². The van der Waals surface area contributed by atoms with Gasteiger partial charge in [-0.25, -0.2) is 0 Å². The molecular formula is C12H14O2. The Labute approximate surface area is 84.2 Å². The molecule has 0 heterocycles. The van der Waals surface area contributed by atoms with Gasteiger partial charge in [0.15, 0.2) is 5.78 Å². The zero-order chi connectivity index (χ0) is 10.6. The van der Waals surface area contributed by atoms with Crippen LogP contribution in [-0.4, -0.2) is 19.5 Å². The molecule has 1 aromatic rings. The molecule has 0 aliphatic rings. The van der Waals surface area contributed by atoms with E-state index in [2.05, 4.69) is 6.58 Å². The van der Waals surface area contributed by atoms with E-state index in [1.165, 1.54) is 0 Å². The Morgan fingerprint density at radius 2 is 1.93 bits per heavy atom. The Bertz CT molecular complexity index is 336. The number of methoxy groups -OCH3 is 1. The van der Waals surface area contributed by atoms with E-state index < -0.39 is 0 Å². The van der Waals surface area contributed by atoms with Crippen LogP contribution in [0, 0.1) is 6.92 Å². The van der Waals surface area contributed by atoms with Crippen molar-refractivity contribution >= 4 is 5.78 Å². The molecule has 0 unspecified atom stereocenters. The summed E-state index contributed by atoms with van der Waals surface area (Å²) in [6.07, 6.45) is 0. The van der Waals surface area contributed by atoms with Gasteiger partial charge in [-0.15, -0.1) is 0 Å². The van der Waals surface area contributed by atoms with Crippen LogP contribution in [0.25, 0.3) is 0 Å². The highest BCUT2D eigenvalue weighted by Crippen LogP contribution is 2.08. The van der Waals surface area contributed by atoms with Crippen LogP contribution in [-0.2, 0) is 4.74 Å². The standard InChI is InChI=1S/C12H14O2/c1-9-4-6-11(7-5-9)12(13)10(2)8-14-3/h4-7H,2,8H2,1,3H3. The predicted molar refractivity (Wildman–Crippen MR) is 56.5 cm³/mol. The highest BCUT2D eigenvalue weighted by Gasteiger charge is 2.08. The summed E-state index contributed by atoms with van der Waals surface area (Å²) in [6.45, 7) is 5.94. The molecule has 1 rings (SSSR count). The summed E-state index contributed by atoms with van der Waals surface area (Å²) >= 11 is 0. The van der Waals surface area contributed by atoms with Crippen LogP contribution >= 0.6 is 0 Å². The third-order valence-electron chi connectivity index (χ3n) is 1.95. The Balaban J connectivity index is 2.79. The van der Waals surface area contributed by atoms with Crippen molar-refractivity contribution in [3.05, 3.63) is 47.5 Å². The van der Waals surface area contributed by atoms with Crippen molar-refractivity contribution in [3.8, 4) is 0 Å². The molecule has 0 amide bonds. The van der Waals surface area contributed by atoms with Gasteiger partial charge < -0.3 is 4.74 Å². The maximum atomic E-state index is 11.7. The van der Waals surface area contributed by atoms with E-state index in [0.717, 1.165) is 5.56 Å². The third-order valence-corrected chi connectivity index (χ3v) is 1.95. The van der Waals surface area contributed by atoms with Gasteiger partial charge in [-0.05, 0) is 6.92 Å². The minimum absolute atomic E-state index is 0.0492. The number of carbonyl (C=O) groups excluding carboxylic acids is 1. The van der Waals surface area contributed by atoms with Crippen molar-refractivity contribution in [2.24, 2.45) is 0 Å². The van der Waals surface area contributed by atoms with Gasteiger partial charge in [0, 0.05) is 18.2 Å². The van der Waals surface area contributed by atoms with E-state index in [4.69, 9.17) is 4.74 Å². The number of aryl methyl sites for hydroxylation is 1. The van der Waals surface area contributed by atoms with Gasteiger partial charge in [0.1, 0.15) is 0 Å². The van der Waals surface area contributed by atoms with Crippen LogP contribution in [0.5, 0.6) is 0 Å². The number of carbonyl (C=O) groups is 1. The molecule has 0 aliphatic heterocycles. The fourth-order valence-corrected chi connectivity index (χ4v) is 1.15. The quantitative estimate of drug-likeness (QED) is 0.538. The number of ketones is 1. The van der Waals surface area contributed by atoms with Crippen molar-refractivity contribution < 1.29 is 9.53 Å². The zero-order valence-corrected chi connectivity index (χ0v) is 8.54. The highest BCUT2D eigenvalue weighted by atomic mass is 16.5. The lowest BCUT2D eigenvalue weighted by molar-refractivity contribution is 0.101. The number of hydrogen-bond acceptors (Lipinski definition) is 2. The molecule has 0 saturated heterocycles. The number of benzene rings is 1. The highest BCUT2D eigenvalue weighted by molar-refractivity contribution is 6.08. The van der Waals surface area contributed by atoms with E-state index in [-0.39, 0.29) is 12.4 Å². The smallest absolute Gasteiger partial charge is 0.190 e. The molecule has 0 aromatic heterocycles. The summed E-state index contributed by atoms with van der Waals surface area (Å²) in [4.78, 5) is 11.7. The molecule has 14 heavy (non-hydrogen) atoms. The summed E-state index contributed by atoms with van der Waals surface area (Å²) < 4.78 is 4.85. The van der Waals surface area contributed by atoms with Gasteiger partial charge in [-0.1, -0.05) is 36.4 Å². The number of ether oxygens (including phenoxy) is 1. The maximum Gasteiger partial charge on any atom is 0.190 e. The second-order valence-electron chi connectivity index (χ2n) is 3.23. The second-order valence-corrected chi connectivity index (χ2v) is 3.23. The summed E-state index contributed by atoms with van der Waals surface area (Å²) in [5.74, 6) is -0.0492. The van der Waals surface area contributed by atoms with Gasteiger partial charge >= 0.3 is 0 Å². The van der Waals surface area contributed by atoms with Crippen molar-refractivity contribution in [1.29, 1.82) is 0 Å². The summed E-state index contributed by atoms with van der Waals surface area (Å²) in [7, 11) is 1.55. The Kier molecular flexibility index (Phi) is 3.60. The van der Waals surface area contributed by atoms with Crippen molar-refractivity contribution in [2.75, 3.05) is 13.7 Å². The third kappa shape index (κ3) is 2.54. The average Bonchev–Trinajstić information content (AvgIpc) is 2.18. The lowest BCUT2D eigenvalue weighted by Gasteiger charge is -2.03. The summed E-state index contributed by atoms with van der Waals surface area (Å²) in [5.41, 5.74) is 2.29.